The number of allylic oxidation sites excluding steroid dienone is 2. The fourth-order valence-corrected chi connectivity index (χ4v) is 2.16. The molecule has 1 aliphatic heterocycles. The summed E-state index contributed by atoms with van der Waals surface area (Å²) in [5.41, 5.74) is 6.01. The summed E-state index contributed by atoms with van der Waals surface area (Å²) in [6.45, 7) is 12.0. The van der Waals surface area contributed by atoms with E-state index in [9.17, 15) is 0 Å². The van der Waals surface area contributed by atoms with Crippen molar-refractivity contribution in [2.24, 2.45) is 0 Å². The monoisotopic (exact) mass is 346 g/mol. The first-order valence-corrected chi connectivity index (χ1v) is 8.18. The quantitative estimate of drug-likeness (QED) is 0.451. The number of hydrogen-bond donors (Lipinski definition) is 0. The van der Waals surface area contributed by atoms with E-state index < -0.39 is 0 Å². The Morgan fingerprint density at radius 2 is 2.00 bits per heavy atom. The van der Waals surface area contributed by atoms with Crippen LogP contribution in [0.2, 0.25) is 0 Å². The van der Waals surface area contributed by atoms with Crippen LogP contribution in [0.5, 0.6) is 0 Å². The van der Waals surface area contributed by atoms with E-state index in [0.717, 1.165) is 38.8 Å². The van der Waals surface area contributed by atoms with Gasteiger partial charge in [-0.2, -0.15) is 12.1 Å². The summed E-state index contributed by atoms with van der Waals surface area (Å²) in [5, 5.41) is 2.22. The fourth-order valence-electron chi connectivity index (χ4n) is 2.16. The second kappa shape index (κ2) is 16.5. The molecule has 0 spiro atoms. The van der Waals surface area contributed by atoms with Crippen LogP contribution in [0, 0.1) is 6.92 Å². The largest absolute Gasteiger partial charge is 2.00 e. The van der Waals surface area contributed by atoms with E-state index in [0.29, 0.717) is 6.04 Å². The fraction of sp³-hybridized carbons (Fsp3) is 0.824. The van der Waals surface area contributed by atoms with Crippen LogP contribution in [0.15, 0.2) is 11.8 Å². The summed E-state index contributed by atoms with van der Waals surface area (Å²) in [6, 6.07) is 0.488. The van der Waals surface area contributed by atoms with E-state index in [2.05, 4.69) is 38.8 Å². The minimum Gasteiger partial charge on any atom is -0.623 e. The van der Waals surface area contributed by atoms with Crippen molar-refractivity contribution < 1.29 is 24.2 Å². The van der Waals surface area contributed by atoms with Gasteiger partial charge in [-0.15, -0.1) is 6.08 Å². The molecule has 3 nitrogen and oxygen atoms in total. The summed E-state index contributed by atoms with van der Waals surface area (Å²) in [6.07, 6.45) is 10.3. The second-order valence-corrected chi connectivity index (χ2v) is 5.22. The average Bonchev–Trinajstić information content (AvgIpc) is 2.87. The Balaban J connectivity index is 0. The molecule has 0 unspecified atom stereocenters. The zero-order chi connectivity index (χ0) is 15.2. The van der Waals surface area contributed by atoms with Crippen molar-refractivity contribution in [3.63, 3.8) is 0 Å². The number of nitrogens with zero attached hydrogens (tertiary/aromatic N) is 2. The summed E-state index contributed by atoms with van der Waals surface area (Å²) < 4.78 is 5.24. The van der Waals surface area contributed by atoms with Gasteiger partial charge in [-0.25, -0.2) is 0 Å². The maximum atomic E-state index is 5.24. The van der Waals surface area contributed by atoms with Crippen LogP contribution in [-0.2, 0) is 24.2 Å². The van der Waals surface area contributed by atoms with Crippen LogP contribution in [-0.4, -0.2) is 31.3 Å². The van der Waals surface area contributed by atoms with Crippen molar-refractivity contribution in [3.8, 4) is 0 Å². The Morgan fingerprint density at radius 1 is 1.33 bits per heavy atom. The van der Waals surface area contributed by atoms with Crippen LogP contribution >= 0.6 is 0 Å². The molecule has 0 N–H and O–H groups in total. The molecule has 0 amide bonds. The van der Waals surface area contributed by atoms with Crippen LogP contribution in [0.1, 0.15) is 65.7 Å². The van der Waals surface area contributed by atoms with Gasteiger partial charge in [0, 0.05) is 13.2 Å². The Labute approximate surface area is 145 Å². The van der Waals surface area contributed by atoms with Gasteiger partial charge in [0.25, 0.3) is 0 Å². The van der Waals surface area contributed by atoms with E-state index in [1.165, 1.54) is 25.0 Å². The van der Waals surface area contributed by atoms with Crippen molar-refractivity contribution in [1.29, 1.82) is 0 Å². The molecule has 0 aromatic carbocycles. The summed E-state index contributed by atoms with van der Waals surface area (Å²) in [4.78, 5) is 0. The molecule has 4 heteroatoms. The third-order valence-electron chi connectivity index (χ3n) is 3.26. The SMILES string of the molecule is CC/C=C(\CCC)[N-]N1CCC[C@H]1COC.[CH2-]CCC.[Zn+2]. The Bertz CT molecular complexity index is 245. The number of ether oxygens (including phenoxy) is 1. The molecule has 1 fully saturated rings. The molecule has 21 heavy (non-hydrogen) atoms. The van der Waals surface area contributed by atoms with Crippen LogP contribution in [0.4, 0.5) is 0 Å². The minimum atomic E-state index is 0. The van der Waals surface area contributed by atoms with Crippen molar-refractivity contribution in [2.75, 3.05) is 20.3 Å². The average molecular weight is 348 g/mol. The molecule has 1 rings (SSSR count). The smallest absolute Gasteiger partial charge is 0.623 e. The zero-order valence-electron chi connectivity index (χ0n) is 14.7. The first-order chi connectivity index (χ1) is 9.73. The molecule has 0 radical (unpaired) electrons. The predicted octanol–water partition coefficient (Wildman–Crippen LogP) is 5.10. The van der Waals surface area contributed by atoms with Crippen molar-refractivity contribution in [2.45, 2.75) is 71.8 Å². The molecule has 0 aromatic heterocycles. The molecule has 0 saturated carbocycles. The number of rotatable bonds is 8. The van der Waals surface area contributed by atoms with E-state index in [1.807, 2.05) is 0 Å². The van der Waals surface area contributed by atoms with Gasteiger partial charge in [-0.1, -0.05) is 33.6 Å². The summed E-state index contributed by atoms with van der Waals surface area (Å²) >= 11 is 0. The van der Waals surface area contributed by atoms with Crippen LogP contribution < -0.4 is 0 Å². The Morgan fingerprint density at radius 3 is 2.48 bits per heavy atom. The molecular weight excluding hydrogens is 314 g/mol. The van der Waals surface area contributed by atoms with Gasteiger partial charge in [0.2, 0.25) is 0 Å². The predicted molar refractivity (Wildman–Crippen MR) is 88.5 cm³/mol. The summed E-state index contributed by atoms with van der Waals surface area (Å²) in [5.74, 6) is 0. The number of hydrogen-bond acceptors (Lipinski definition) is 2. The first kappa shape index (κ1) is 23.4. The molecular formula is C17H34N2OZn. The number of methoxy groups -OCH3 is 1. The molecule has 0 bridgehead atoms. The van der Waals surface area contributed by atoms with Gasteiger partial charge in [-0.3, -0.25) is 0 Å². The standard InChI is InChI=1S/C13H25N2O.C4H9.Zn/c1-4-7-12(8-5-2)14-15-10-6-9-13(15)11-16-3;1-3-4-2;/h7,13H,4-6,8-11H2,1-3H3;1,3-4H2,2H3;/q2*-1;+2/b12-7+;;/t13-;;/m0../s1. The molecule has 0 aliphatic carbocycles. The van der Waals surface area contributed by atoms with Crippen LogP contribution in [0.25, 0.3) is 5.43 Å². The molecule has 1 atom stereocenters. The number of unbranched alkanes of at least 4 members (excludes halogenated alkanes) is 1. The van der Waals surface area contributed by atoms with Crippen LogP contribution in [0.3, 0.4) is 0 Å². The maximum Gasteiger partial charge on any atom is 2.00 e. The van der Waals surface area contributed by atoms with E-state index in [-0.39, 0.29) is 19.5 Å². The van der Waals surface area contributed by atoms with E-state index in [4.69, 9.17) is 10.2 Å². The molecule has 1 heterocycles. The van der Waals surface area contributed by atoms with Gasteiger partial charge in [0.15, 0.2) is 0 Å². The van der Waals surface area contributed by atoms with Gasteiger partial charge in [-0.05, 0) is 32.2 Å². The van der Waals surface area contributed by atoms with Gasteiger partial charge in [0.05, 0.1) is 6.61 Å². The van der Waals surface area contributed by atoms with Crippen molar-refractivity contribution >= 4 is 0 Å². The normalized spacial score (nSPS) is 18.7. The molecule has 0 aromatic rings. The Hall–Kier alpha value is 0.0834. The molecule has 1 aliphatic rings. The second-order valence-electron chi connectivity index (χ2n) is 5.22. The topological polar surface area (TPSA) is 26.6 Å². The van der Waals surface area contributed by atoms with E-state index >= 15 is 0 Å². The third kappa shape index (κ3) is 11.3. The summed E-state index contributed by atoms with van der Waals surface area (Å²) in [7, 11) is 1.77. The molecule has 1 saturated heterocycles. The van der Waals surface area contributed by atoms with Gasteiger partial charge in [0.1, 0.15) is 0 Å². The zero-order valence-corrected chi connectivity index (χ0v) is 17.7. The Kier molecular flexibility index (Phi) is 18.3. The maximum absolute atomic E-state index is 5.24. The third-order valence-corrected chi connectivity index (χ3v) is 3.26. The van der Waals surface area contributed by atoms with Crippen molar-refractivity contribution in [1.82, 2.24) is 5.01 Å². The molecule has 120 valence electrons. The van der Waals surface area contributed by atoms with E-state index in [1.54, 1.807) is 7.11 Å². The van der Waals surface area contributed by atoms with Gasteiger partial charge >= 0.3 is 19.5 Å². The first-order valence-electron chi connectivity index (χ1n) is 8.18. The minimum absolute atomic E-state index is 0. The van der Waals surface area contributed by atoms with Gasteiger partial charge < -0.3 is 22.1 Å². The van der Waals surface area contributed by atoms with Crippen molar-refractivity contribution in [3.05, 3.63) is 24.1 Å².